The van der Waals surface area contributed by atoms with Crippen LogP contribution in [0.4, 0.5) is 0 Å². The smallest absolute Gasteiger partial charge is 0.256 e. The van der Waals surface area contributed by atoms with Crippen LogP contribution >= 0.6 is 0 Å². The summed E-state index contributed by atoms with van der Waals surface area (Å²) in [4.78, 5) is 29.1. The molecule has 0 saturated carbocycles. The van der Waals surface area contributed by atoms with E-state index in [1.807, 2.05) is 0 Å². The summed E-state index contributed by atoms with van der Waals surface area (Å²) in [5.74, 6) is 0.246. The van der Waals surface area contributed by atoms with E-state index in [0.717, 1.165) is 38.2 Å². The van der Waals surface area contributed by atoms with Crippen molar-refractivity contribution >= 4 is 5.91 Å². The first-order valence-electron chi connectivity index (χ1n) is 7.30. The summed E-state index contributed by atoms with van der Waals surface area (Å²) in [6.07, 6.45) is 3.71. The molecule has 110 valence electrons. The van der Waals surface area contributed by atoms with Crippen LogP contribution in [0.2, 0.25) is 0 Å². The standard InChI is InChI=1S/C15H23N3O2/c1-3-18-6-4-12(5-7-18)9-17-15(20)13-10-16-11(2)8-14(13)19/h8,10,12H,3-7,9H2,1-2H3,(H,16,19)(H,17,20). The summed E-state index contributed by atoms with van der Waals surface area (Å²) in [5, 5.41) is 2.88. The molecule has 0 aromatic carbocycles. The first kappa shape index (κ1) is 14.8. The maximum atomic E-state index is 12.0. The summed E-state index contributed by atoms with van der Waals surface area (Å²) in [6, 6.07) is 1.45. The molecule has 0 radical (unpaired) electrons. The second-order valence-electron chi connectivity index (χ2n) is 5.48. The highest BCUT2D eigenvalue weighted by Crippen LogP contribution is 2.15. The number of aromatic nitrogens is 1. The highest BCUT2D eigenvalue weighted by atomic mass is 16.2. The number of pyridine rings is 1. The predicted octanol–water partition coefficient (Wildman–Crippen LogP) is 1.15. The van der Waals surface area contributed by atoms with Gasteiger partial charge < -0.3 is 15.2 Å². The molecular weight excluding hydrogens is 254 g/mol. The van der Waals surface area contributed by atoms with Gasteiger partial charge in [-0.05, 0) is 45.3 Å². The van der Waals surface area contributed by atoms with Gasteiger partial charge in [-0.15, -0.1) is 0 Å². The highest BCUT2D eigenvalue weighted by molar-refractivity contribution is 5.93. The maximum Gasteiger partial charge on any atom is 0.256 e. The van der Waals surface area contributed by atoms with Crippen LogP contribution in [-0.2, 0) is 0 Å². The number of aryl methyl sites for hydroxylation is 1. The number of carbonyl (C=O) groups is 1. The normalized spacial score (nSPS) is 17.1. The Balaban J connectivity index is 1.85. The molecule has 1 aromatic rings. The van der Waals surface area contributed by atoms with Crippen LogP contribution in [0.5, 0.6) is 0 Å². The number of likely N-dealkylation sites (tertiary alicyclic amines) is 1. The molecule has 2 N–H and O–H groups in total. The molecule has 1 fully saturated rings. The van der Waals surface area contributed by atoms with Gasteiger partial charge in [0.2, 0.25) is 0 Å². The van der Waals surface area contributed by atoms with Crippen molar-refractivity contribution in [3.8, 4) is 0 Å². The third-order valence-electron chi connectivity index (χ3n) is 4.01. The van der Waals surface area contributed by atoms with Gasteiger partial charge in [0.15, 0.2) is 5.43 Å². The van der Waals surface area contributed by atoms with Crippen molar-refractivity contribution in [3.63, 3.8) is 0 Å². The molecule has 0 aliphatic carbocycles. The second-order valence-corrected chi connectivity index (χ2v) is 5.48. The monoisotopic (exact) mass is 277 g/mol. The van der Waals surface area contributed by atoms with Crippen molar-refractivity contribution in [1.82, 2.24) is 15.2 Å². The molecule has 0 unspecified atom stereocenters. The van der Waals surface area contributed by atoms with Crippen molar-refractivity contribution in [1.29, 1.82) is 0 Å². The molecule has 1 aromatic heterocycles. The fraction of sp³-hybridized carbons (Fsp3) is 0.600. The van der Waals surface area contributed by atoms with Gasteiger partial charge in [0.25, 0.3) is 5.91 Å². The maximum absolute atomic E-state index is 12.0. The van der Waals surface area contributed by atoms with Gasteiger partial charge in [-0.2, -0.15) is 0 Å². The molecule has 1 saturated heterocycles. The van der Waals surface area contributed by atoms with Gasteiger partial charge >= 0.3 is 0 Å². The van der Waals surface area contributed by atoms with Crippen molar-refractivity contribution in [2.45, 2.75) is 26.7 Å². The zero-order valence-corrected chi connectivity index (χ0v) is 12.2. The Morgan fingerprint density at radius 1 is 1.45 bits per heavy atom. The molecule has 0 spiro atoms. The molecule has 2 rings (SSSR count). The van der Waals surface area contributed by atoms with E-state index in [4.69, 9.17) is 0 Å². The SMILES string of the molecule is CCN1CCC(CNC(=O)c2c[nH]c(C)cc2=O)CC1. The Hall–Kier alpha value is -1.62. The van der Waals surface area contributed by atoms with Crippen molar-refractivity contribution in [2.24, 2.45) is 5.92 Å². The summed E-state index contributed by atoms with van der Waals surface area (Å²) < 4.78 is 0. The van der Waals surface area contributed by atoms with Gasteiger partial charge in [-0.3, -0.25) is 9.59 Å². The molecule has 5 nitrogen and oxygen atoms in total. The number of piperidine rings is 1. The van der Waals surface area contributed by atoms with E-state index in [1.165, 1.54) is 12.3 Å². The van der Waals surface area contributed by atoms with E-state index >= 15 is 0 Å². The number of nitrogens with one attached hydrogen (secondary N) is 2. The van der Waals surface area contributed by atoms with Crippen LogP contribution in [0.15, 0.2) is 17.1 Å². The number of aromatic amines is 1. The Labute approximate surface area is 119 Å². The summed E-state index contributed by atoms with van der Waals surface area (Å²) in [5.41, 5.74) is 0.736. The van der Waals surface area contributed by atoms with E-state index in [-0.39, 0.29) is 16.9 Å². The lowest BCUT2D eigenvalue weighted by atomic mass is 9.97. The molecule has 0 bridgehead atoms. The van der Waals surface area contributed by atoms with Crippen molar-refractivity contribution in [2.75, 3.05) is 26.2 Å². The first-order chi connectivity index (χ1) is 9.60. The van der Waals surface area contributed by atoms with Crippen molar-refractivity contribution in [3.05, 3.63) is 33.7 Å². The zero-order valence-electron chi connectivity index (χ0n) is 12.2. The van der Waals surface area contributed by atoms with Crippen LogP contribution in [0.3, 0.4) is 0 Å². The average Bonchev–Trinajstić information content (AvgIpc) is 2.45. The molecule has 1 aliphatic rings. The minimum atomic E-state index is -0.274. The largest absolute Gasteiger partial charge is 0.364 e. The van der Waals surface area contributed by atoms with Gasteiger partial charge in [0.05, 0.1) is 0 Å². The third-order valence-corrected chi connectivity index (χ3v) is 4.01. The summed E-state index contributed by atoms with van der Waals surface area (Å²) >= 11 is 0. The van der Waals surface area contributed by atoms with Crippen LogP contribution in [0, 0.1) is 12.8 Å². The lowest BCUT2D eigenvalue weighted by Gasteiger charge is -2.31. The molecule has 20 heavy (non-hydrogen) atoms. The van der Waals surface area contributed by atoms with E-state index in [2.05, 4.69) is 22.1 Å². The number of carbonyl (C=O) groups excluding carboxylic acids is 1. The number of hydrogen-bond acceptors (Lipinski definition) is 3. The number of H-pyrrole nitrogens is 1. The molecule has 5 heteroatoms. The van der Waals surface area contributed by atoms with Crippen LogP contribution in [0.1, 0.15) is 35.8 Å². The van der Waals surface area contributed by atoms with Gasteiger partial charge in [0, 0.05) is 24.5 Å². The average molecular weight is 277 g/mol. The van der Waals surface area contributed by atoms with Crippen LogP contribution in [-0.4, -0.2) is 42.0 Å². The second kappa shape index (κ2) is 6.70. The Morgan fingerprint density at radius 3 is 2.75 bits per heavy atom. The molecular formula is C15H23N3O2. The molecule has 2 heterocycles. The van der Waals surface area contributed by atoms with E-state index in [9.17, 15) is 9.59 Å². The number of nitrogens with zero attached hydrogens (tertiary/aromatic N) is 1. The van der Waals surface area contributed by atoms with Gasteiger partial charge in [0.1, 0.15) is 5.56 Å². The number of hydrogen-bond donors (Lipinski definition) is 2. The minimum Gasteiger partial charge on any atom is -0.364 e. The van der Waals surface area contributed by atoms with E-state index < -0.39 is 0 Å². The lowest BCUT2D eigenvalue weighted by molar-refractivity contribution is 0.0935. The zero-order chi connectivity index (χ0) is 14.5. The van der Waals surface area contributed by atoms with E-state index in [1.54, 1.807) is 6.92 Å². The quantitative estimate of drug-likeness (QED) is 0.867. The predicted molar refractivity (Wildman–Crippen MR) is 79.0 cm³/mol. The fourth-order valence-electron chi connectivity index (χ4n) is 2.59. The molecule has 1 amide bonds. The van der Waals surface area contributed by atoms with Crippen LogP contribution in [0.25, 0.3) is 0 Å². The molecule has 0 atom stereocenters. The third kappa shape index (κ3) is 3.70. The van der Waals surface area contributed by atoms with E-state index in [0.29, 0.717) is 12.5 Å². The Bertz CT molecular complexity index is 516. The van der Waals surface area contributed by atoms with Gasteiger partial charge in [-0.25, -0.2) is 0 Å². The Morgan fingerprint density at radius 2 is 2.15 bits per heavy atom. The summed E-state index contributed by atoms with van der Waals surface area (Å²) in [6.45, 7) is 7.92. The minimum absolute atomic E-state index is 0.196. The van der Waals surface area contributed by atoms with Gasteiger partial charge in [-0.1, -0.05) is 6.92 Å². The fourth-order valence-corrected chi connectivity index (χ4v) is 2.59. The Kier molecular flexibility index (Phi) is 4.95. The van der Waals surface area contributed by atoms with Crippen molar-refractivity contribution < 1.29 is 4.79 Å². The topological polar surface area (TPSA) is 65.2 Å². The first-order valence-corrected chi connectivity index (χ1v) is 7.30. The lowest BCUT2D eigenvalue weighted by Crippen LogP contribution is -2.39. The van der Waals surface area contributed by atoms with Crippen LogP contribution < -0.4 is 10.7 Å². The number of amides is 1. The molecule has 1 aliphatic heterocycles. The highest BCUT2D eigenvalue weighted by Gasteiger charge is 2.19. The summed E-state index contributed by atoms with van der Waals surface area (Å²) in [7, 11) is 0. The number of rotatable bonds is 4.